The normalized spacial score (nSPS) is 10.7. The van der Waals surface area contributed by atoms with Crippen molar-refractivity contribution in [2.75, 3.05) is 13.7 Å². The third-order valence-corrected chi connectivity index (χ3v) is 4.84. The maximum absolute atomic E-state index is 6.48. The number of halogens is 1. The Hall–Kier alpha value is -2.49. The second kappa shape index (κ2) is 10.2. The number of benzene rings is 3. The summed E-state index contributed by atoms with van der Waals surface area (Å²) in [7, 11) is 1.64. The highest BCUT2D eigenvalue weighted by Gasteiger charge is 2.12. The molecule has 146 valence electrons. The minimum atomic E-state index is 0.449. The molecule has 3 nitrogen and oxygen atoms in total. The molecule has 0 radical (unpaired) electrons. The minimum Gasteiger partial charge on any atom is -0.493 e. The van der Waals surface area contributed by atoms with Crippen molar-refractivity contribution in [2.24, 2.45) is 0 Å². The Bertz CT molecular complexity index is 879. The Kier molecular flexibility index (Phi) is 7.35. The van der Waals surface area contributed by atoms with E-state index >= 15 is 0 Å². The van der Waals surface area contributed by atoms with Crippen LogP contribution in [0.25, 0.3) is 0 Å². The first kappa shape index (κ1) is 20.2. The van der Waals surface area contributed by atoms with Crippen molar-refractivity contribution < 1.29 is 9.47 Å². The smallest absolute Gasteiger partial charge is 0.180 e. The van der Waals surface area contributed by atoms with E-state index in [1.807, 2.05) is 18.2 Å². The second-order valence-electron chi connectivity index (χ2n) is 6.80. The Morgan fingerprint density at radius 1 is 0.893 bits per heavy atom. The van der Waals surface area contributed by atoms with E-state index in [1.165, 1.54) is 11.1 Å². The van der Waals surface area contributed by atoms with Crippen molar-refractivity contribution in [3.63, 3.8) is 0 Å². The van der Waals surface area contributed by atoms with Crippen LogP contribution >= 0.6 is 11.6 Å². The lowest BCUT2D eigenvalue weighted by molar-refractivity contribution is 0.284. The van der Waals surface area contributed by atoms with Crippen LogP contribution in [0, 0.1) is 6.92 Å². The SMILES string of the molecule is COc1cc(CNCCc2ccccc2)cc(Cl)c1OCc1ccc(C)cc1. The maximum Gasteiger partial charge on any atom is 0.180 e. The third kappa shape index (κ3) is 5.75. The summed E-state index contributed by atoms with van der Waals surface area (Å²) >= 11 is 6.48. The lowest BCUT2D eigenvalue weighted by Gasteiger charge is -2.15. The summed E-state index contributed by atoms with van der Waals surface area (Å²) in [5.74, 6) is 1.23. The van der Waals surface area contributed by atoms with E-state index in [-0.39, 0.29) is 0 Å². The molecule has 0 aliphatic carbocycles. The van der Waals surface area contributed by atoms with Gasteiger partial charge in [0.15, 0.2) is 11.5 Å². The monoisotopic (exact) mass is 395 g/mol. The Balaban J connectivity index is 1.58. The maximum atomic E-state index is 6.48. The largest absolute Gasteiger partial charge is 0.493 e. The van der Waals surface area contributed by atoms with Gasteiger partial charge < -0.3 is 14.8 Å². The topological polar surface area (TPSA) is 30.5 Å². The molecule has 0 bridgehead atoms. The van der Waals surface area contributed by atoms with Crippen LogP contribution in [0.3, 0.4) is 0 Å². The second-order valence-corrected chi connectivity index (χ2v) is 7.20. The highest BCUT2D eigenvalue weighted by atomic mass is 35.5. The zero-order valence-electron chi connectivity index (χ0n) is 16.4. The average molecular weight is 396 g/mol. The molecule has 0 saturated carbocycles. The predicted molar refractivity (Wildman–Crippen MR) is 115 cm³/mol. The summed E-state index contributed by atoms with van der Waals surface area (Å²) in [4.78, 5) is 0. The Labute approximate surface area is 172 Å². The lowest BCUT2D eigenvalue weighted by atomic mass is 10.1. The summed E-state index contributed by atoms with van der Waals surface area (Å²) in [5, 5.41) is 4.02. The molecule has 28 heavy (non-hydrogen) atoms. The van der Waals surface area contributed by atoms with Gasteiger partial charge >= 0.3 is 0 Å². The first-order valence-corrected chi connectivity index (χ1v) is 9.83. The molecule has 0 heterocycles. The number of rotatable bonds is 9. The van der Waals surface area contributed by atoms with E-state index < -0.39 is 0 Å². The van der Waals surface area contributed by atoms with Gasteiger partial charge in [0.1, 0.15) is 6.61 Å². The van der Waals surface area contributed by atoms with Gasteiger partial charge in [0.25, 0.3) is 0 Å². The van der Waals surface area contributed by atoms with Crippen LogP contribution in [-0.2, 0) is 19.6 Å². The van der Waals surface area contributed by atoms with Crippen LogP contribution in [0.15, 0.2) is 66.7 Å². The van der Waals surface area contributed by atoms with Gasteiger partial charge in [-0.3, -0.25) is 0 Å². The van der Waals surface area contributed by atoms with E-state index in [0.29, 0.717) is 23.1 Å². The fraction of sp³-hybridized carbons (Fsp3) is 0.250. The summed E-state index contributed by atoms with van der Waals surface area (Å²) in [6.45, 7) is 4.14. The van der Waals surface area contributed by atoms with Crippen molar-refractivity contribution in [3.8, 4) is 11.5 Å². The van der Waals surface area contributed by atoms with E-state index in [9.17, 15) is 0 Å². The fourth-order valence-corrected chi connectivity index (χ4v) is 3.25. The van der Waals surface area contributed by atoms with Crippen molar-refractivity contribution in [1.29, 1.82) is 0 Å². The first-order valence-electron chi connectivity index (χ1n) is 9.45. The molecule has 0 unspecified atom stereocenters. The number of hydrogen-bond acceptors (Lipinski definition) is 3. The molecular formula is C24H26ClNO2. The molecule has 3 aromatic carbocycles. The number of aryl methyl sites for hydroxylation is 1. The van der Waals surface area contributed by atoms with Crippen LogP contribution in [0.1, 0.15) is 22.3 Å². The molecule has 0 aromatic heterocycles. The zero-order valence-corrected chi connectivity index (χ0v) is 17.1. The highest BCUT2D eigenvalue weighted by molar-refractivity contribution is 6.32. The lowest BCUT2D eigenvalue weighted by Crippen LogP contribution is -2.16. The van der Waals surface area contributed by atoms with Gasteiger partial charge in [-0.05, 0) is 48.7 Å². The van der Waals surface area contributed by atoms with E-state index in [1.54, 1.807) is 7.11 Å². The third-order valence-electron chi connectivity index (χ3n) is 4.56. The molecule has 1 N–H and O–H groups in total. The van der Waals surface area contributed by atoms with Gasteiger partial charge in [0.2, 0.25) is 0 Å². The van der Waals surface area contributed by atoms with E-state index in [0.717, 1.165) is 30.6 Å². The summed E-state index contributed by atoms with van der Waals surface area (Å²) in [5.41, 5.74) is 4.71. The van der Waals surface area contributed by atoms with Gasteiger partial charge in [-0.15, -0.1) is 0 Å². The van der Waals surface area contributed by atoms with Gasteiger partial charge in [-0.1, -0.05) is 71.8 Å². The van der Waals surface area contributed by atoms with Crippen molar-refractivity contribution in [2.45, 2.75) is 26.5 Å². The molecule has 0 saturated heterocycles. The molecule has 0 spiro atoms. The predicted octanol–water partition coefficient (Wildman–Crippen LogP) is 5.57. The van der Waals surface area contributed by atoms with Crippen LogP contribution in [0.4, 0.5) is 0 Å². The van der Waals surface area contributed by atoms with Gasteiger partial charge in [0.05, 0.1) is 12.1 Å². The summed E-state index contributed by atoms with van der Waals surface area (Å²) in [6, 6.07) is 22.6. The van der Waals surface area contributed by atoms with Gasteiger partial charge in [-0.2, -0.15) is 0 Å². The molecule has 0 aliphatic rings. The first-order chi connectivity index (χ1) is 13.7. The Morgan fingerprint density at radius 2 is 1.64 bits per heavy atom. The van der Waals surface area contributed by atoms with Crippen LogP contribution in [0.2, 0.25) is 5.02 Å². The van der Waals surface area contributed by atoms with Crippen molar-refractivity contribution >= 4 is 11.6 Å². The number of nitrogens with one attached hydrogen (secondary N) is 1. The quantitative estimate of drug-likeness (QED) is 0.480. The fourth-order valence-electron chi connectivity index (χ4n) is 2.97. The van der Waals surface area contributed by atoms with Crippen LogP contribution < -0.4 is 14.8 Å². The van der Waals surface area contributed by atoms with Crippen LogP contribution in [-0.4, -0.2) is 13.7 Å². The van der Waals surface area contributed by atoms with Crippen LogP contribution in [0.5, 0.6) is 11.5 Å². The van der Waals surface area contributed by atoms with E-state index in [4.69, 9.17) is 21.1 Å². The average Bonchev–Trinajstić information content (AvgIpc) is 2.72. The number of hydrogen-bond donors (Lipinski definition) is 1. The van der Waals surface area contributed by atoms with Gasteiger partial charge in [-0.25, -0.2) is 0 Å². The molecular weight excluding hydrogens is 370 g/mol. The minimum absolute atomic E-state index is 0.449. The molecule has 0 fully saturated rings. The summed E-state index contributed by atoms with van der Waals surface area (Å²) in [6.07, 6.45) is 0.990. The number of ether oxygens (including phenoxy) is 2. The van der Waals surface area contributed by atoms with Crippen molar-refractivity contribution in [1.82, 2.24) is 5.32 Å². The molecule has 3 rings (SSSR count). The molecule has 0 amide bonds. The van der Waals surface area contributed by atoms with E-state index in [2.05, 4.69) is 60.8 Å². The Morgan fingerprint density at radius 3 is 2.36 bits per heavy atom. The summed E-state index contributed by atoms with van der Waals surface area (Å²) < 4.78 is 11.5. The standard InChI is InChI=1S/C24H26ClNO2/c1-18-8-10-20(11-9-18)17-28-24-22(25)14-21(15-23(24)27-2)16-26-13-12-19-6-4-3-5-7-19/h3-11,14-15,26H,12-13,16-17H2,1-2H3. The zero-order chi connectivity index (χ0) is 19.8. The number of methoxy groups -OCH3 is 1. The molecule has 4 heteroatoms. The molecule has 3 aromatic rings. The molecule has 0 atom stereocenters. The van der Waals surface area contributed by atoms with Gasteiger partial charge in [0, 0.05) is 6.54 Å². The highest BCUT2D eigenvalue weighted by Crippen LogP contribution is 2.37. The molecule has 0 aliphatic heterocycles. The van der Waals surface area contributed by atoms with Crippen molar-refractivity contribution in [3.05, 3.63) is 94.0 Å².